The number of imidazole rings is 1. The van der Waals surface area contributed by atoms with Gasteiger partial charge in [0.25, 0.3) is 0 Å². The van der Waals surface area contributed by atoms with E-state index >= 15 is 0 Å². The molecule has 4 N–H and O–H groups in total. The van der Waals surface area contributed by atoms with Gasteiger partial charge in [-0.25, -0.2) is 15.0 Å². The number of nitrogens with two attached hydrogens (primary N) is 1. The highest BCUT2D eigenvalue weighted by Crippen LogP contribution is 2.38. The number of thioether (sulfide) groups is 1. The van der Waals surface area contributed by atoms with Gasteiger partial charge < -0.3 is 20.7 Å². The first-order valence-electron chi connectivity index (χ1n) is 8.22. The molecule has 3 aromatic rings. The van der Waals surface area contributed by atoms with Crippen molar-refractivity contribution in [2.24, 2.45) is 0 Å². The smallest absolute Gasteiger partial charge is 0.167 e. The van der Waals surface area contributed by atoms with Gasteiger partial charge in [-0.1, -0.05) is 30.3 Å². The molecule has 1 aromatic carbocycles. The van der Waals surface area contributed by atoms with Crippen LogP contribution in [0.5, 0.6) is 0 Å². The monoisotopic (exact) mass is 373 g/mol. The minimum absolute atomic E-state index is 0.177. The van der Waals surface area contributed by atoms with Crippen LogP contribution in [0.3, 0.4) is 0 Å². The van der Waals surface area contributed by atoms with Crippen molar-refractivity contribution in [3.8, 4) is 0 Å². The van der Waals surface area contributed by atoms with E-state index < -0.39 is 18.4 Å². The van der Waals surface area contributed by atoms with Gasteiger partial charge in [0.15, 0.2) is 17.7 Å². The number of rotatable bonds is 5. The lowest BCUT2D eigenvalue weighted by Gasteiger charge is -2.19. The van der Waals surface area contributed by atoms with Crippen molar-refractivity contribution in [2.75, 3.05) is 12.3 Å². The summed E-state index contributed by atoms with van der Waals surface area (Å²) in [4.78, 5) is 12.3. The Kier molecular flexibility index (Phi) is 4.77. The van der Waals surface area contributed by atoms with Crippen LogP contribution in [0.2, 0.25) is 0 Å². The molecule has 1 fully saturated rings. The first-order valence-corrected chi connectivity index (χ1v) is 9.27. The van der Waals surface area contributed by atoms with Crippen LogP contribution in [-0.2, 0) is 10.5 Å². The number of aromatic nitrogens is 4. The molecule has 0 radical (unpaired) electrons. The fourth-order valence-corrected chi connectivity index (χ4v) is 4.40. The van der Waals surface area contributed by atoms with Gasteiger partial charge in [-0.3, -0.25) is 4.57 Å². The zero-order valence-corrected chi connectivity index (χ0v) is 14.7. The highest BCUT2D eigenvalue weighted by Gasteiger charge is 2.45. The molecule has 0 amide bonds. The van der Waals surface area contributed by atoms with E-state index in [2.05, 4.69) is 15.0 Å². The van der Waals surface area contributed by atoms with Gasteiger partial charge in [-0.05, 0) is 5.56 Å². The maximum atomic E-state index is 10.8. The molecule has 1 aliphatic heterocycles. The lowest BCUT2D eigenvalue weighted by atomic mass is 10.2. The molecule has 4 unspecified atom stereocenters. The maximum absolute atomic E-state index is 10.8. The molecule has 9 heteroatoms. The fraction of sp³-hybridized carbons (Fsp3) is 0.353. The molecule has 4 atom stereocenters. The van der Waals surface area contributed by atoms with Gasteiger partial charge in [-0.2, -0.15) is 0 Å². The summed E-state index contributed by atoms with van der Waals surface area (Å²) in [6.45, 7) is -0.177. The molecule has 0 aliphatic carbocycles. The number of aliphatic hydroxyl groups excluding tert-OH is 2. The van der Waals surface area contributed by atoms with E-state index in [9.17, 15) is 10.2 Å². The molecule has 8 nitrogen and oxygen atoms in total. The average molecular weight is 373 g/mol. The zero-order chi connectivity index (χ0) is 18.1. The summed E-state index contributed by atoms with van der Waals surface area (Å²) in [7, 11) is 0. The van der Waals surface area contributed by atoms with Crippen LogP contribution in [0, 0.1) is 0 Å². The topological polar surface area (TPSA) is 119 Å². The van der Waals surface area contributed by atoms with Crippen LogP contribution in [0.25, 0.3) is 11.2 Å². The number of aliphatic hydroxyl groups is 2. The number of nitrogen functional groups attached to an aromatic ring is 1. The molecule has 3 heterocycles. The van der Waals surface area contributed by atoms with Crippen LogP contribution in [0.15, 0.2) is 43.0 Å². The van der Waals surface area contributed by atoms with Crippen molar-refractivity contribution >= 4 is 28.7 Å². The van der Waals surface area contributed by atoms with Gasteiger partial charge in [0, 0.05) is 5.75 Å². The van der Waals surface area contributed by atoms with Gasteiger partial charge in [-0.15, -0.1) is 11.8 Å². The van der Waals surface area contributed by atoms with Crippen molar-refractivity contribution in [1.29, 1.82) is 0 Å². The highest BCUT2D eigenvalue weighted by molar-refractivity contribution is 7.99. The van der Waals surface area contributed by atoms with Crippen molar-refractivity contribution in [2.45, 2.75) is 29.4 Å². The van der Waals surface area contributed by atoms with Gasteiger partial charge >= 0.3 is 0 Å². The third-order valence-corrected chi connectivity index (χ3v) is 5.90. The van der Waals surface area contributed by atoms with Crippen LogP contribution < -0.4 is 5.73 Å². The lowest BCUT2D eigenvalue weighted by molar-refractivity contribution is -0.0486. The molecule has 0 spiro atoms. The SMILES string of the molecule is Nc1ncnc2c1ncn2C1OC(CO)C(SCc2ccccc2)C1O. The number of benzene rings is 1. The molecule has 2 aromatic heterocycles. The summed E-state index contributed by atoms with van der Waals surface area (Å²) in [5, 5.41) is 20.3. The number of hydrogen-bond acceptors (Lipinski definition) is 8. The van der Waals surface area contributed by atoms with Gasteiger partial charge in [0.1, 0.15) is 17.9 Å². The Balaban J connectivity index is 1.57. The van der Waals surface area contributed by atoms with Crippen LogP contribution in [0.4, 0.5) is 5.82 Å². The van der Waals surface area contributed by atoms with E-state index in [1.54, 1.807) is 16.3 Å². The Labute approximate surface area is 154 Å². The number of hydrogen-bond donors (Lipinski definition) is 3. The van der Waals surface area contributed by atoms with Crippen molar-refractivity contribution in [3.05, 3.63) is 48.5 Å². The minimum atomic E-state index is -0.825. The second-order valence-electron chi connectivity index (χ2n) is 6.08. The minimum Gasteiger partial charge on any atom is -0.394 e. The van der Waals surface area contributed by atoms with Gasteiger partial charge in [0.05, 0.1) is 24.3 Å². The molecule has 1 saturated heterocycles. The largest absolute Gasteiger partial charge is 0.394 e. The first-order chi connectivity index (χ1) is 12.7. The normalized spacial score (nSPS) is 25.8. The Morgan fingerprint density at radius 2 is 2.00 bits per heavy atom. The number of fused-ring (bicyclic) bond motifs is 1. The van der Waals surface area contributed by atoms with Crippen molar-refractivity contribution < 1.29 is 14.9 Å². The predicted octanol–water partition coefficient (Wildman–Crippen LogP) is 0.961. The third kappa shape index (κ3) is 3.03. The van der Waals surface area contributed by atoms with E-state index in [1.807, 2.05) is 30.3 Å². The van der Waals surface area contributed by atoms with Crippen LogP contribution in [0.1, 0.15) is 11.8 Å². The van der Waals surface area contributed by atoms with Crippen LogP contribution >= 0.6 is 11.8 Å². The van der Waals surface area contributed by atoms with E-state index in [1.165, 1.54) is 12.7 Å². The standard InChI is InChI=1S/C17H19N5O3S/c18-15-12-16(20-8-19-15)22(9-21-12)17-13(24)14(11(6-23)25-17)26-7-10-4-2-1-3-5-10/h1-5,8-9,11,13-14,17,23-24H,6-7H2,(H2,18,19,20). The maximum Gasteiger partial charge on any atom is 0.167 e. The summed E-state index contributed by atoms with van der Waals surface area (Å²) in [5.41, 5.74) is 7.93. The zero-order valence-electron chi connectivity index (χ0n) is 13.8. The lowest BCUT2D eigenvalue weighted by Crippen LogP contribution is -2.30. The molecule has 4 rings (SSSR count). The van der Waals surface area contributed by atoms with Crippen LogP contribution in [-0.4, -0.2) is 53.8 Å². The second kappa shape index (κ2) is 7.20. The summed E-state index contributed by atoms with van der Waals surface area (Å²) in [5.74, 6) is 0.990. The number of ether oxygens (including phenoxy) is 1. The third-order valence-electron chi connectivity index (χ3n) is 4.44. The Bertz CT molecular complexity index is 890. The van der Waals surface area contributed by atoms with Crippen molar-refractivity contribution in [1.82, 2.24) is 19.5 Å². The summed E-state index contributed by atoms with van der Waals surface area (Å²) in [6, 6.07) is 9.98. The Hall–Kier alpha value is -2.20. The molecule has 26 heavy (non-hydrogen) atoms. The second-order valence-corrected chi connectivity index (χ2v) is 7.25. The average Bonchev–Trinajstić information content (AvgIpc) is 3.22. The molecule has 1 aliphatic rings. The Morgan fingerprint density at radius 3 is 2.77 bits per heavy atom. The molecular formula is C17H19N5O3S. The Morgan fingerprint density at radius 1 is 1.19 bits per heavy atom. The molecule has 0 bridgehead atoms. The van der Waals surface area contributed by atoms with Gasteiger partial charge in [0.2, 0.25) is 0 Å². The van der Waals surface area contributed by atoms with E-state index in [-0.39, 0.29) is 17.7 Å². The quantitative estimate of drug-likeness (QED) is 0.605. The highest BCUT2D eigenvalue weighted by atomic mass is 32.2. The summed E-state index contributed by atoms with van der Waals surface area (Å²) in [6.07, 6.45) is 0.875. The first kappa shape index (κ1) is 17.2. The molecule has 136 valence electrons. The summed E-state index contributed by atoms with van der Waals surface area (Å²) < 4.78 is 7.56. The molecule has 0 saturated carbocycles. The predicted molar refractivity (Wildman–Crippen MR) is 98.3 cm³/mol. The molecular weight excluding hydrogens is 354 g/mol. The summed E-state index contributed by atoms with van der Waals surface area (Å²) >= 11 is 1.56. The van der Waals surface area contributed by atoms with E-state index in [0.29, 0.717) is 11.2 Å². The van der Waals surface area contributed by atoms with Crippen molar-refractivity contribution in [3.63, 3.8) is 0 Å². The van der Waals surface area contributed by atoms with E-state index in [0.717, 1.165) is 11.3 Å². The fourth-order valence-electron chi connectivity index (χ4n) is 3.13. The number of nitrogens with zero attached hydrogens (tertiary/aromatic N) is 4. The number of anilines is 1. The van der Waals surface area contributed by atoms with E-state index in [4.69, 9.17) is 10.5 Å².